The highest BCUT2D eigenvalue weighted by molar-refractivity contribution is 6.36. The molecular formula is C21H14Cl2O4. The fourth-order valence-corrected chi connectivity index (χ4v) is 2.73. The lowest BCUT2D eigenvalue weighted by molar-refractivity contribution is 0.0472. The summed E-state index contributed by atoms with van der Waals surface area (Å²) in [5.41, 5.74) is 0.414. The molecule has 0 atom stereocenters. The molecule has 3 rings (SSSR count). The summed E-state index contributed by atoms with van der Waals surface area (Å²) in [5, 5.41) is 0.615. The van der Waals surface area contributed by atoms with E-state index in [1.54, 1.807) is 42.5 Å². The summed E-state index contributed by atoms with van der Waals surface area (Å²) >= 11 is 11.9. The molecule has 0 aliphatic rings. The van der Waals surface area contributed by atoms with Crippen LogP contribution in [0.4, 0.5) is 0 Å². The summed E-state index contributed by atoms with van der Waals surface area (Å²) < 4.78 is 10.9. The Morgan fingerprint density at radius 3 is 2.30 bits per heavy atom. The molecule has 6 heteroatoms. The first-order valence-corrected chi connectivity index (χ1v) is 8.77. The molecule has 0 unspecified atom stereocenters. The molecule has 0 aliphatic carbocycles. The van der Waals surface area contributed by atoms with E-state index in [-0.39, 0.29) is 16.1 Å². The number of hydrogen-bond donors (Lipinski definition) is 0. The van der Waals surface area contributed by atoms with Crippen LogP contribution in [0.25, 0.3) is 0 Å². The van der Waals surface area contributed by atoms with Gasteiger partial charge in [0.15, 0.2) is 6.61 Å². The summed E-state index contributed by atoms with van der Waals surface area (Å²) in [6, 6.07) is 20.2. The van der Waals surface area contributed by atoms with Crippen LogP contribution < -0.4 is 4.74 Å². The van der Waals surface area contributed by atoms with Crippen LogP contribution in [0.5, 0.6) is 11.5 Å². The Hall–Kier alpha value is -2.82. The van der Waals surface area contributed by atoms with Gasteiger partial charge in [0.1, 0.15) is 17.1 Å². The number of benzene rings is 3. The van der Waals surface area contributed by atoms with E-state index in [0.29, 0.717) is 16.5 Å². The molecule has 0 N–H and O–H groups in total. The molecule has 3 aromatic rings. The lowest BCUT2D eigenvalue weighted by Gasteiger charge is -2.11. The fraction of sp³-hybridized carbons (Fsp3) is 0.0476. The second-order valence-electron chi connectivity index (χ2n) is 5.53. The number of rotatable bonds is 6. The van der Waals surface area contributed by atoms with Gasteiger partial charge >= 0.3 is 5.97 Å². The zero-order chi connectivity index (χ0) is 19.2. The molecule has 0 aliphatic heterocycles. The normalized spacial score (nSPS) is 10.3. The van der Waals surface area contributed by atoms with E-state index in [1.165, 1.54) is 12.1 Å². The van der Waals surface area contributed by atoms with Crippen molar-refractivity contribution in [3.05, 3.63) is 94.0 Å². The van der Waals surface area contributed by atoms with Gasteiger partial charge in [-0.05, 0) is 42.5 Å². The molecule has 0 saturated carbocycles. The summed E-state index contributed by atoms with van der Waals surface area (Å²) in [5.74, 6) is -0.202. The van der Waals surface area contributed by atoms with Crippen molar-refractivity contribution in [3.8, 4) is 11.5 Å². The third kappa shape index (κ3) is 4.88. The zero-order valence-electron chi connectivity index (χ0n) is 14.0. The van der Waals surface area contributed by atoms with E-state index in [9.17, 15) is 9.59 Å². The van der Waals surface area contributed by atoms with Crippen molar-refractivity contribution in [2.45, 2.75) is 0 Å². The Morgan fingerprint density at radius 2 is 1.52 bits per heavy atom. The summed E-state index contributed by atoms with van der Waals surface area (Å²) in [6.45, 7) is -0.460. The van der Waals surface area contributed by atoms with E-state index >= 15 is 0 Å². The molecule has 0 saturated heterocycles. The number of esters is 1. The van der Waals surface area contributed by atoms with Gasteiger partial charge in [0.25, 0.3) is 0 Å². The van der Waals surface area contributed by atoms with Gasteiger partial charge in [-0.15, -0.1) is 0 Å². The molecule has 3 aromatic carbocycles. The maximum atomic E-state index is 12.4. The highest BCUT2D eigenvalue weighted by atomic mass is 35.5. The van der Waals surface area contributed by atoms with E-state index in [4.69, 9.17) is 32.7 Å². The first kappa shape index (κ1) is 19.0. The Morgan fingerprint density at radius 1 is 0.815 bits per heavy atom. The summed E-state index contributed by atoms with van der Waals surface area (Å²) in [7, 11) is 0. The minimum absolute atomic E-state index is 0.200. The van der Waals surface area contributed by atoms with E-state index in [0.717, 1.165) is 0 Å². The predicted molar refractivity (Wildman–Crippen MR) is 104 cm³/mol. The molecule has 0 radical (unpaired) electrons. The molecular weight excluding hydrogens is 387 g/mol. The number of hydrogen-bond acceptors (Lipinski definition) is 4. The zero-order valence-corrected chi connectivity index (χ0v) is 15.5. The highest BCUT2D eigenvalue weighted by Crippen LogP contribution is 2.26. The molecule has 0 amide bonds. The largest absolute Gasteiger partial charge is 0.456 e. The van der Waals surface area contributed by atoms with Crippen molar-refractivity contribution in [1.82, 2.24) is 0 Å². The van der Waals surface area contributed by atoms with Crippen molar-refractivity contribution in [2.75, 3.05) is 6.61 Å². The average molecular weight is 401 g/mol. The van der Waals surface area contributed by atoms with Crippen molar-refractivity contribution < 1.29 is 19.1 Å². The van der Waals surface area contributed by atoms with Gasteiger partial charge in [-0.25, -0.2) is 4.79 Å². The van der Waals surface area contributed by atoms with Gasteiger partial charge < -0.3 is 9.47 Å². The molecule has 4 nitrogen and oxygen atoms in total. The SMILES string of the molecule is O=C(COC(=O)c1ccccc1Oc1ccccc1)c1cc(Cl)ccc1Cl. The van der Waals surface area contributed by atoms with Crippen LogP contribution in [0.3, 0.4) is 0 Å². The number of carbonyl (C=O) groups is 2. The third-order valence-electron chi connectivity index (χ3n) is 3.64. The van der Waals surface area contributed by atoms with Gasteiger partial charge in [0.2, 0.25) is 5.78 Å². The van der Waals surface area contributed by atoms with Gasteiger partial charge in [0.05, 0.1) is 5.02 Å². The third-order valence-corrected chi connectivity index (χ3v) is 4.21. The topological polar surface area (TPSA) is 52.6 Å². The van der Waals surface area contributed by atoms with Crippen LogP contribution in [0, 0.1) is 0 Å². The Labute approximate surface area is 166 Å². The second-order valence-corrected chi connectivity index (χ2v) is 6.38. The van der Waals surface area contributed by atoms with Crippen molar-refractivity contribution in [1.29, 1.82) is 0 Å². The Bertz CT molecular complexity index is 971. The molecule has 0 bridgehead atoms. The van der Waals surface area contributed by atoms with E-state index in [1.807, 2.05) is 18.2 Å². The van der Waals surface area contributed by atoms with Crippen molar-refractivity contribution >= 4 is 35.0 Å². The lowest BCUT2D eigenvalue weighted by atomic mass is 10.1. The van der Waals surface area contributed by atoms with Gasteiger partial charge in [0, 0.05) is 10.6 Å². The number of para-hydroxylation sites is 2. The maximum absolute atomic E-state index is 12.4. The quantitative estimate of drug-likeness (QED) is 0.386. The smallest absolute Gasteiger partial charge is 0.342 e. The van der Waals surface area contributed by atoms with Crippen LogP contribution in [0.2, 0.25) is 10.0 Å². The van der Waals surface area contributed by atoms with Crippen molar-refractivity contribution in [2.24, 2.45) is 0 Å². The standard InChI is InChI=1S/C21H14Cl2O4/c22-14-10-11-18(23)17(12-14)19(24)13-26-21(25)16-8-4-5-9-20(16)27-15-6-2-1-3-7-15/h1-12H,13H2. The lowest BCUT2D eigenvalue weighted by Crippen LogP contribution is -2.15. The van der Waals surface area contributed by atoms with Gasteiger partial charge in [-0.3, -0.25) is 4.79 Å². The average Bonchev–Trinajstić information content (AvgIpc) is 2.69. The minimum atomic E-state index is -0.673. The summed E-state index contributed by atoms with van der Waals surface area (Å²) in [6.07, 6.45) is 0. The first-order chi connectivity index (χ1) is 13.0. The molecule has 0 spiro atoms. The first-order valence-electron chi connectivity index (χ1n) is 8.02. The molecule has 0 aromatic heterocycles. The van der Waals surface area contributed by atoms with Crippen LogP contribution in [-0.2, 0) is 4.74 Å². The number of ketones is 1. The minimum Gasteiger partial charge on any atom is -0.456 e. The van der Waals surface area contributed by atoms with Crippen LogP contribution in [-0.4, -0.2) is 18.4 Å². The summed E-state index contributed by atoms with van der Waals surface area (Å²) in [4.78, 5) is 24.7. The number of halogens is 2. The predicted octanol–water partition coefficient (Wildman–Crippen LogP) is 5.83. The number of ether oxygens (including phenoxy) is 2. The number of carbonyl (C=O) groups excluding carboxylic acids is 2. The highest BCUT2D eigenvalue weighted by Gasteiger charge is 2.18. The van der Waals surface area contributed by atoms with E-state index < -0.39 is 18.4 Å². The van der Waals surface area contributed by atoms with Crippen LogP contribution in [0.15, 0.2) is 72.8 Å². The molecule has 0 fully saturated rings. The fourth-order valence-electron chi connectivity index (χ4n) is 2.34. The Balaban J connectivity index is 1.71. The van der Waals surface area contributed by atoms with E-state index in [2.05, 4.69) is 0 Å². The van der Waals surface area contributed by atoms with Crippen molar-refractivity contribution in [3.63, 3.8) is 0 Å². The van der Waals surface area contributed by atoms with Gasteiger partial charge in [-0.2, -0.15) is 0 Å². The molecule has 27 heavy (non-hydrogen) atoms. The van der Waals surface area contributed by atoms with Crippen LogP contribution >= 0.6 is 23.2 Å². The monoisotopic (exact) mass is 400 g/mol. The number of Topliss-reactive ketones (excluding diaryl/α,β-unsaturated/α-hetero) is 1. The van der Waals surface area contributed by atoms with Crippen LogP contribution in [0.1, 0.15) is 20.7 Å². The molecule has 136 valence electrons. The second kappa shape index (κ2) is 8.71. The maximum Gasteiger partial charge on any atom is 0.342 e. The molecule has 0 heterocycles. The van der Waals surface area contributed by atoms with Gasteiger partial charge in [-0.1, -0.05) is 53.5 Å². The Kier molecular flexibility index (Phi) is 6.12.